The van der Waals surface area contributed by atoms with Crippen LogP contribution in [0.4, 0.5) is 5.69 Å². The number of rotatable bonds is 9. The molecular formula is C20H24Cl4N2O. The third kappa shape index (κ3) is 6.42. The van der Waals surface area contributed by atoms with E-state index in [-0.39, 0.29) is 0 Å². The number of halogens is 4. The molecule has 0 spiro atoms. The predicted molar refractivity (Wildman–Crippen MR) is 118 cm³/mol. The maximum absolute atomic E-state index is 10.8. The van der Waals surface area contributed by atoms with Gasteiger partial charge in [0, 0.05) is 24.7 Å². The molecular weight excluding hydrogens is 426 g/mol. The van der Waals surface area contributed by atoms with Crippen molar-refractivity contribution in [2.75, 3.05) is 37.6 Å². The van der Waals surface area contributed by atoms with Crippen LogP contribution >= 0.6 is 46.4 Å². The van der Waals surface area contributed by atoms with Crippen LogP contribution in [0.3, 0.4) is 0 Å². The lowest BCUT2D eigenvalue weighted by Gasteiger charge is -2.31. The van der Waals surface area contributed by atoms with Gasteiger partial charge in [-0.1, -0.05) is 66.3 Å². The minimum absolute atomic E-state index is 0.360. The summed E-state index contributed by atoms with van der Waals surface area (Å²) in [5.41, 5.74) is 1.51. The first-order valence-corrected chi connectivity index (χ1v) is 10.4. The van der Waals surface area contributed by atoms with Crippen molar-refractivity contribution in [3.63, 3.8) is 0 Å². The van der Waals surface area contributed by atoms with Gasteiger partial charge >= 0.3 is 0 Å². The summed E-state index contributed by atoms with van der Waals surface area (Å²) in [6.07, 6.45) is -0.744. The Morgan fingerprint density at radius 3 is 2.15 bits per heavy atom. The van der Waals surface area contributed by atoms with Crippen LogP contribution in [0.2, 0.25) is 20.1 Å². The molecule has 0 heterocycles. The summed E-state index contributed by atoms with van der Waals surface area (Å²) in [5.74, 6) is 0. The van der Waals surface area contributed by atoms with Crippen molar-refractivity contribution in [3.05, 3.63) is 62.1 Å². The Morgan fingerprint density at radius 2 is 1.52 bits per heavy atom. The monoisotopic (exact) mass is 448 g/mol. The average molecular weight is 450 g/mol. The molecule has 0 amide bonds. The minimum atomic E-state index is -0.744. The smallest absolute Gasteiger partial charge is 0.0965 e. The number of nitrogens with zero attached hydrogens (tertiary/aromatic N) is 2. The molecule has 0 aliphatic heterocycles. The second-order valence-electron chi connectivity index (χ2n) is 6.26. The topological polar surface area (TPSA) is 26.7 Å². The Bertz CT molecular complexity index is 753. The van der Waals surface area contributed by atoms with E-state index in [0.29, 0.717) is 38.7 Å². The van der Waals surface area contributed by atoms with E-state index >= 15 is 0 Å². The molecule has 27 heavy (non-hydrogen) atoms. The predicted octanol–water partition coefficient (Wildman–Crippen LogP) is 6.18. The number of aliphatic hydroxyl groups is 1. The van der Waals surface area contributed by atoms with Crippen molar-refractivity contribution in [2.45, 2.75) is 20.0 Å². The van der Waals surface area contributed by atoms with Crippen LogP contribution in [-0.4, -0.2) is 42.7 Å². The summed E-state index contributed by atoms with van der Waals surface area (Å²) in [6.45, 7) is 8.10. The van der Waals surface area contributed by atoms with Gasteiger partial charge in [0.25, 0.3) is 0 Å². The first-order chi connectivity index (χ1) is 12.8. The van der Waals surface area contributed by atoms with Crippen molar-refractivity contribution >= 4 is 52.1 Å². The van der Waals surface area contributed by atoms with Gasteiger partial charge in [-0.15, -0.1) is 0 Å². The van der Waals surface area contributed by atoms with Gasteiger partial charge < -0.3 is 14.9 Å². The zero-order valence-electron chi connectivity index (χ0n) is 15.4. The molecule has 0 aromatic heterocycles. The zero-order valence-corrected chi connectivity index (χ0v) is 18.5. The first kappa shape index (κ1) is 22.6. The molecule has 3 nitrogen and oxygen atoms in total. The Kier molecular flexibility index (Phi) is 9.00. The van der Waals surface area contributed by atoms with Crippen LogP contribution in [0.1, 0.15) is 25.5 Å². The van der Waals surface area contributed by atoms with E-state index in [1.807, 2.05) is 6.07 Å². The number of anilines is 1. The number of aliphatic hydroxyl groups excluding tert-OH is 1. The molecule has 1 unspecified atom stereocenters. The highest BCUT2D eigenvalue weighted by molar-refractivity contribution is 6.42. The Labute approximate surface area is 181 Å². The van der Waals surface area contributed by atoms with Gasteiger partial charge in [0.05, 0.1) is 26.9 Å². The molecule has 2 aromatic carbocycles. The largest absolute Gasteiger partial charge is 0.387 e. The first-order valence-electron chi connectivity index (χ1n) is 8.91. The summed E-state index contributed by atoms with van der Waals surface area (Å²) in [6, 6.07) is 10.5. The normalized spacial score (nSPS) is 12.4. The van der Waals surface area contributed by atoms with Crippen molar-refractivity contribution < 1.29 is 5.11 Å². The summed E-state index contributed by atoms with van der Waals surface area (Å²) < 4.78 is 0. The molecule has 1 N–H and O–H groups in total. The lowest BCUT2D eigenvalue weighted by Crippen LogP contribution is -2.37. The maximum Gasteiger partial charge on any atom is 0.0965 e. The van der Waals surface area contributed by atoms with Gasteiger partial charge in [0.15, 0.2) is 0 Å². The molecule has 0 aliphatic carbocycles. The second-order valence-corrected chi connectivity index (χ2v) is 7.92. The molecule has 2 aromatic rings. The summed E-state index contributed by atoms with van der Waals surface area (Å²) >= 11 is 24.7. The van der Waals surface area contributed by atoms with Crippen LogP contribution in [0, 0.1) is 0 Å². The van der Waals surface area contributed by atoms with Crippen LogP contribution in [0.5, 0.6) is 0 Å². The van der Waals surface area contributed by atoms with Gasteiger partial charge in [0.2, 0.25) is 0 Å². The van der Waals surface area contributed by atoms with Gasteiger partial charge in [-0.2, -0.15) is 0 Å². The summed E-state index contributed by atoms with van der Waals surface area (Å²) in [7, 11) is 0. The number of hydrogen-bond acceptors (Lipinski definition) is 3. The number of likely N-dealkylation sites (N-methyl/N-ethyl adjacent to an activating group) is 1. The van der Waals surface area contributed by atoms with Gasteiger partial charge in [-0.3, -0.25) is 0 Å². The van der Waals surface area contributed by atoms with E-state index in [1.54, 1.807) is 30.3 Å². The molecule has 7 heteroatoms. The minimum Gasteiger partial charge on any atom is -0.387 e. The molecule has 0 radical (unpaired) electrons. The molecule has 0 aliphatic rings. The maximum atomic E-state index is 10.8. The van der Waals surface area contributed by atoms with Crippen LogP contribution < -0.4 is 4.90 Å². The van der Waals surface area contributed by atoms with Crippen molar-refractivity contribution in [3.8, 4) is 0 Å². The third-order valence-electron chi connectivity index (χ3n) is 4.55. The lowest BCUT2D eigenvalue weighted by molar-refractivity contribution is 0.181. The average Bonchev–Trinajstić information content (AvgIpc) is 2.65. The number of hydrogen-bond donors (Lipinski definition) is 1. The van der Waals surface area contributed by atoms with E-state index in [2.05, 4.69) is 23.6 Å². The summed E-state index contributed by atoms with van der Waals surface area (Å²) in [5, 5.41) is 12.9. The van der Waals surface area contributed by atoms with Gasteiger partial charge in [-0.05, 0) is 49.0 Å². The Morgan fingerprint density at radius 1 is 0.852 bits per heavy atom. The molecule has 2 rings (SSSR count). The van der Waals surface area contributed by atoms with E-state index in [9.17, 15) is 5.11 Å². The molecule has 0 bridgehead atoms. The van der Waals surface area contributed by atoms with Crippen LogP contribution in [-0.2, 0) is 0 Å². The van der Waals surface area contributed by atoms with Crippen molar-refractivity contribution in [2.24, 2.45) is 0 Å². The number of benzene rings is 2. The zero-order chi connectivity index (χ0) is 20.0. The fraction of sp³-hybridized carbons (Fsp3) is 0.400. The molecule has 148 valence electrons. The lowest BCUT2D eigenvalue weighted by atomic mass is 10.1. The van der Waals surface area contributed by atoms with Gasteiger partial charge in [0.1, 0.15) is 0 Å². The highest BCUT2D eigenvalue weighted by Gasteiger charge is 2.18. The fourth-order valence-corrected chi connectivity index (χ4v) is 3.58. The second kappa shape index (κ2) is 10.8. The standard InChI is InChI=1S/C20H24Cl4N2O/c1-3-25(4-2)9-10-26(19-12-15(21)6-8-17(19)23)13-20(27)14-5-7-16(22)18(24)11-14/h5-8,11-12,20,27H,3-4,9-10,13H2,1-2H3. The van der Waals surface area contributed by atoms with E-state index in [0.717, 1.165) is 25.3 Å². The Hall–Kier alpha value is -0.680. The third-order valence-corrected chi connectivity index (χ3v) is 5.84. The highest BCUT2D eigenvalue weighted by atomic mass is 35.5. The highest BCUT2D eigenvalue weighted by Crippen LogP contribution is 2.31. The molecule has 1 atom stereocenters. The Balaban J connectivity index is 2.25. The van der Waals surface area contributed by atoms with Crippen molar-refractivity contribution in [1.29, 1.82) is 0 Å². The quantitative estimate of drug-likeness (QED) is 0.494. The van der Waals surface area contributed by atoms with E-state index in [4.69, 9.17) is 46.4 Å². The van der Waals surface area contributed by atoms with E-state index in [1.165, 1.54) is 0 Å². The van der Waals surface area contributed by atoms with Crippen LogP contribution in [0.25, 0.3) is 0 Å². The molecule has 0 saturated heterocycles. The summed E-state index contributed by atoms with van der Waals surface area (Å²) in [4.78, 5) is 4.37. The van der Waals surface area contributed by atoms with Crippen molar-refractivity contribution in [1.82, 2.24) is 4.90 Å². The molecule has 0 saturated carbocycles. The van der Waals surface area contributed by atoms with Gasteiger partial charge in [-0.25, -0.2) is 0 Å². The molecule has 0 fully saturated rings. The van der Waals surface area contributed by atoms with Crippen LogP contribution in [0.15, 0.2) is 36.4 Å². The fourth-order valence-electron chi connectivity index (χ4n) is 2.87. The van der Waals surface area contributed by atoms with E-state index < -0.39 is 6.10 Å². The SMILES string of the molecule is CCN(CC)CCN(CC(O)c1ccc(Cl)c(Cl)c1)c1cc(Cl)ccc1Cl.